The molecule has 0 aliphatic heterocycles. The molecule has 0 amide bonds. The molecular weight excluding hydrogens is 360 g/mol. The molecule has 2 aromatic carbocycles. The maximum Gasteiger partial charge on any atom is 0.261 e. The van der Waals surface area contributed by atoms with Gasteiger partial charge in [0.25, 0.3) is 10.0 Å². The van der Waals surface area contributed by atoms with E-state index in [-0.39, 0.29) is 16.3 Å². The van der Waals surface area contributed by atoms with Crippen LogP contribution in [0.3, 0.4) is 0 Å². The normalized spacial score (nSPS) is 11.3. The highest BCUT2D eigenvalue weighted by Gasteiger charge is 2.21. The number of aromatic nitrogens is 1. The lowest BCUT2D eigenvalue weighted by Gasteiger charge is -2.11. The molecule has 0 unspecified atom stereocenters. The summed E-state index contributed by atoms with van der Waals surface area (Å²) in [5.41, 5.74) is -0.0579. The first-order valence-corrected chi connectivity index (χ1v) is 8.92. The van der Waals surface area contributed by atoms with Gasteiger partial charge in [-0.1, -0.05) is 0 Å². The Morgan fingerprint density at radius 2 is 1.65 bits per heavy atom. The summed E-state index contributed by atoms with van der Waals surface area (Å²) < 4.78 is 37.8. The maximum absolute atomic E-state index is 12.7. The van der Waals surface area contributed by atoms with E-state index in [1.54, 1.807) is 12.1 Å². The van der Waals surface area contributed by atoms with Gasteiger partial charge in [0.1, 0.15) is 11.5 Å². The van der Waals surface area contributed by atoms with Gasteiger partial charge in [0.05, 0.1) is 36.5 Å². The van der Waals surface area contributed by atoms with Crippen LogP contribution in [0.4, 0.5) is 5.69 Å². The lowest BCUT2D eigenvalue weighted by Crippen LogP contribution is -2.25. The first-order chi connectivity index (χ1) is 12.4. The average Bonchev–Trinajstić information content (AvgIpc) is 2.99. The Morgan fingerprint density at radius 3 is 2.23 bits per heavy atom. The zero-order valence-corrected chi connectivity index (χ0v) is 14.7. The third-order valence-electron chi connectivity index (χ3n) is 3.82. The lowest BCUT2D eigenvalue weighted by atomic mass is 10.2. The van der Waals surface area contributed by atoms with Gasteiger partial charge in [0.2, 0.25) is 0 Å². The molecule has 0 saturated heterocycles. The summed E-state index contributed by atoms with van der Waals surface area (Å²) in [4.78, 5) is 14.0. The van der Waals surface area contributed by atoms with Gasteiger partial charge < -0.3 is 24.4 Å². The SMILES string of the molecule is COc1ccc(S(=O)(=O)Nc2c(C(=O)[O-])[nH]c3ccc(OC)cc23)cc1. The summed E-state index contributed by atoms with van der Waals surface area (Å²) in [5.74, 6) is -0.588. The van der Waals surface area contributed by atoms with Crippen molar-refractivity contribution in [3.63, 3.8) is 0 Å². The summed E-state index contributed by atoms with van der Waals surface area (Å²) in [6, 6.07) is 10.4. The molecule has 1 heterocycles. The number of H-pyrrole nitrogens is 1. The molecule has 3 aromatic rings. The number of carboxylic acid groups (broad SMARTS) is 1. The van der Waals surface area contributed by atoms with E-state index in [4.69, 9.17) is 9.47 Å². The number of nitrogens with one attached hydrogen (secondary N) is 2. The zero-order chi connectivity index (χ0) is 18.9. The average molecular weight is 375 g/mol. The highest BCUT2D eigenvalue weighted by atomic mass is 32.2. The number of aromatic carboxylic acids is 1. The van der Waals surface area contributed by atoms with E-state index in [1.165, 1.54) is 44.6 Å². The van der Waals surface area contributed by atoms with Gasteiger partial charge in [-0.15, -0.1) is 0 Å². The predicted molar refractivity (Wildman–Crippen MR) is 93.0 cm³/mol. The smallest absolute Gasteiger partial charge is 0.261 e. The van der Waals surface area contributed by atoms with Gasteiger partial charge in [-0.25, -0.2) is 8.42 Å². The fourth-order valence-corrected chi connectivity index (χ4v) is 3.60. The van der Waals surface area contributed by atoms with E-state index < -0.39 is 16.0 Å². The molecule has 3 rings (SSSR count). The molecule has 8 nitrogen and oxygen atoms in total. The summed E-state index contributed by atoms with van der Waals surface area (Å²) in [5, 5.41) is 11.8. The minimum atomic E-state index is -4.03. The Balaban J connectivity index is 2.10. The fraction of sp³-hybridized carbons (Fsp3) is 0.118. The van der Waals surface area contributed by atoms with Crippen molar-refractivity contribution < 1.29 is 27.8 Å². The number of anilines is 1. The number of hydrogen-bond acceptors (Lipinski definition) is 6. The molecule has 0 spiro atoms. The van der Waals surface area contributed by atoms with Gasteiger partial charge in [-0.3, -0.25) is 4.72 Å². The van der Waals surface area contributed by atoms with Crippen LogP contribution >= 0.6 is 0 Å². The Morgan fingerprint density at radius 1 is 1.04 bits per heavy atom. The topological polar surface area (TPSA) is 121 Å². The molecule has 1 aromatic heterocycles. The summed E-state index contributed by atoms with van der Waals surface area (Å²) in [7, 11) is -1.11. The minimum Gasteiger partial charge on any atom is -0.543 e. The Hall–Kier alpha value is -3.20. The Bertz CT molecular complexity index is 1070. The molecular formula is C17H15N2O6S-. The number of ether oxygens (including phenoxy) is 2. The van der Waals surface area contributed by atoms with E-state index in [9.17, 15) is 18.3 Å². The van der Waals surface area contributed by atoms with Crippen LogP contribution in [0.1, 0.15) is 10.5 Å². The molecule has 0 aliphatic rings. The highest BCUT2D eigenvalue weighted by Crippen LogP contribution is 2.32. The molecule has 0 radical (unpaired) electrons. The van der Waals surface area contributed by atoms with E-state index >= 15 is 0 Å². The number of fused-ring (bicyclic) bond motifs is 1. The highest BCUT2D eigenvalue weighted by molar-refractivity contribution is 7.92. The van der Waals surface area contributed by atoms with Crippen LogP contribution in [0.2, 0.25) is 0 Å². The van der Waals surface area contributed by atoms with Crippen LogP contribution in [0.5, 0.6) is 11.5 Å². The molecule has 0 aliphatic carbocycles. The van der Waals surface area contributed by atoms with Crippen molar-refractivity contribution in [1.29, 1.82) is 0 Å². The first kappa shape index (κ1) is 17.6. The second-order valence-electron chi connectivity index (χ2n) is 5.35. The number of carboxylic acids is 1. The van der Waals surface area contributed by atoms with Gasteiger partial charge in [-0.05, 0) is 42.5 Å². The van der Waals surface area contributed by atoms with Crippen molar-refractivity contribution in [3.05, 3.63) is 48.2 Å². The third kappa shape index (κ3) is 3.16. The third-order valence-corrected chi connectivity index (χ3v) is 5.18. The van der Waals surface area contributed by atoms with Crippen molar-refractivity contribution in [2.45, 2.75) is 4.90 Å². The summed E-state index contributed by atoms with van der Waals surface area (Å²) in [6.45, 7) is 0. The Kier molecular flexibility index (Phi) is 4.47. The van der Waals surface area contributed by atoms with Crippen molar-refractivity contribution >= 4 is 32.6 Å². The largest absolute Gasteiger partial charge is 0.543 e. The standard InChI is InChI=1S/C17H16N2O6S/c1-24-10-3-6-12(7-4-10)26(22,23)19-15-13-9-11(25-2)5-8-14(13)18-16(15)17(20)21/h3-9,18-19H,1-2H3,(H,20,21)/p-1. The molecule has 26 heavy (non-hydrogen) atoms. The number of sulfonamides is 1. The number of carbonyl (C=O) groups is 1. The monoisotopic (exact) mass is 375 g/mol. The molecule has 0 bridgehead atoms. The fourth-order valence-electron chi connectivity index (χ4n) is 2.51. The van der Waals surface area contributed by atoms with Crippen LogP contribution in [-0.2, 0) is 10.0 Å². The number of methoxy groups -OCH3 is 2. The predicted octanol–water partition coefficient (Wildman–Crippen LogP) is 1.35. The Labute approximate surface area is 149 Å². The van der Waals surface area contributed by atoms with Gasteiger partial charge >= 0.3 is 0 Å². The van der Waals surface area contributed by atoms with E-state index in [0.717, 1.165) is 0 Å². The molecule has 2 N–H and O–H groups in total. The molecule has 0 atom stereocenters. The van der Waals surface area contributed by atoms with Gasteiger partial charge in [-0.2, -0.15) is 0 Å². The minimum absolute atomic E-state index is 0.0418. The van der Waals surface area contributed by atoms with E-state index in [0.29, 0.717) is 22.4 Å². The molecule has 0 saturated carbocycles. The number of rotatable bonds is 6. The second-order valence-corrected chi connectivity index (χ2v) is 7.04. The number of carbonyl (C=O) groups excluding carboxylic acids is 1. The van der Waals surface area contributed by atoms with Gasteiger partial charge in [0.15, 0.2) is 0 Å². The van der Waals surface area contributed by atoms with Crippen LogP contribution in [-0.4, -0.2) is 33.6 Å². The summed E-state index contributed by atoms with van der Waals surface area (Å²) in [6.07, 6.45) is 0. The molecule has 9 heteroatoms. The van der Waals surface area contributed by atoms with E-state index in [1.807, 2.05) is 0 Å². The summed E-state index contributed by atoms with van der Waals surface area (Å²) >= 11 is 0. The van der Waals surface area contributed by atoms with E-state index in [2.05, 4.69) is 9.71 Å². The van der Waals surface area contributed by atoms with Crippen molar-refractivity contribution in [3.8, 4) is 11.5 Å². The molecule has 0 fully saturated rings. The first-order valence-electron chi connectivity index (χ1n) is 7.43. The number of aromatic amines is 1. The zero-order valence-electron chi connectivity index (χ0n) is 13.9. The van der Waals surface area contributed by atoms with Crippen LogP contribution in [0.25, 0.3) is 10.9 Å². The van der Waals surface area contributed by atoms with Gasteiger partial charge in [0, 0.05) is 10.9 Å². The molecule has 136 valence electrons. The van der Waals surface area contributed by atoms with Crippen LogP contribution < -0.4 is 19.3 Å². The van der Waals surface area contributed by atoms with Crippen molar-refractivity contribution in [2.75, 3.05) is 18.9 Å². The number of benzene rings is 2. The van der Waals surface area contributed by atoms with Crippen molar-refractivity contribution in [1.82, 2.24) is 4.98 Å². The number of hydrogen-bond donors (Lipinski definition) is 2. The maximum atomic E-state index is 12.7. The van der Waals surface area contributed by atoms with Crippen LogP contribution in [0.15, 0.2) is 47.4 Å². The second kappa shape index (κ2) is 6.60. The lowest BCUT2D eigenvalue weighted by molar-refractivity contribution is -0.255. The quantitative estimate of drug-likeness (QED) is 0.671. The van der Waals surface area contributed by atoms with Crippen LogP contribution in [0, 0.1) is 0 Å². The van der Waals surface area contributed by atoms with Crippen molar-refractivity contribution in [2.24, 2.45) is 0 Å².